The maximum absolute atomic E-state index is 11.5. The van der Waals surface area contributed by atoms with E-state index in [2.05, 4.69) is 17.1 Å². The molecule has 0 aliphatic carbocycles. The fourth-order valence-corrected chi connectivity index (χ4v) is 2.57. The SMILES string of the molecule is CCCCOC(=O)Nc1ccc(OCCN2CCCCC2)cc1.Cl. The first-order chi connectivity index (χ1) is 11.3. The molecule has 1 amide bonds. The summed E-state index contributed by atoms with van der Waals surface area (Å²) in [5, 5.41) is 2.71. The first-order valence-corrected chi connectivity index (χ1v) is 8.67. The maximum atomic E-state index is 11.5. The predicted octanol–water partition coefficient (Wildman–Crippen LogP) is 4.32. The van der Waals surface area contributed by atoms with E-state index < -0.39 is 6.09 Å². The highest BCUT2D eigenvalue weighted by Crippen LogP contribution is 2.16. The summed E-state index contributed by atoms with van der Waals surface area (Å²) >= 11 is 0. The molecule has 1 aromatic rings. The first kappa shape index (κ1) is 20.6. The number of hydrogen-bond donors (Lipinski definition) is 1. The minimum absolute atomic E-state index is 0. The van der Waals surface area contributed by atoms with Gasteiger partial charge < -0.3 is 9.47 Å². The molecule has 0 radical (unpaired) electrons. The van der Waals surface area contributed by atoms with Crippen molar-refractivity contribution in [2.75, 3.05) is 38.2 Å². The number of anilines is 1. The normalized spacial score (nSPS) is 14.5. The van der Waals surface area contributed by atoms with Gasteiger partial charge in [0.2, 0.25) is 0 Å². The molecule has 0 saturated carbocycles. The summed E-state index contributed by atoms with van der Waals surface area (Å²) in [5.74, 6) is 0.826. The number of nitrogens with zero attached hydrogens (tertiary/aromatic N) is 1. The fraction of sp³-hybridized carbons (Fsp3) is 0.611. The van der Waals surface area contributed by atoms with Gasteiger partial charge in [-0.05, 0) is 56.6 Å². The van der Waals surface area contributed by atoms with Gasteiger partial charge in [0.05, 0.1) is 6.61 Å². The topological polar surface area (TPSA) is 50.8 Å². The Labute approximate surface area is 151 Å². The molecular weight excluding hydrogens is 328 g/mol. The molecule has 0 atom stereocenters. The zero-order valence-corrected chi connectivity index (χ0v) is 15.3. The Balaban J connectivity index is 0.00000288. The number of halogens is 1. The number of nitrogens with one attached hydrogen (secondary N) is 1. The highest BCUT2D eigenvalue weighted by molar-refractivity contribution is 5.85. The van der Waals surface area contributed by atoms with Gasteiger partial charge in [0.25, 0.3) is 0 Å². The number of benzene rings is 1. The van der Waals surface area contributed by atoms with E-state index in [4.69, 9.17) is 9.47 Å². The summed E-state index contributed by atoms with van der Waals surface area (Å²) in [5.41, 5.74) is 0.717. The monoisotopic (exact) mass is 356 g/mol. The van der Waals surface area contributed by atoms with Crippen LogP contribution in [0.1, 0.15) is 39.0 Å². The number of piperidine rings is 1. The van der Waals surface area contributed by atoms with Gasteiger partial charge in [-0.25, -0.2) is 4.79 Å². The van der Waals surface area contributed by atoms with Crippen LogP contribution in [0.25, 0.3) is 0 Å². The number of amides is 1. The molecular formula is C18H29ClN2O3. The number of hydrogen-bond acceptors (Lipinski definition) is 4. The Morgan fingerprint density at radius 1 is 1.12 bits per heavy atom. The first-order valence-electron chi connectivity index (χ1n) is 8.67. The summed E-state index contributed by atoms with van der Waals surface area (Å²) < 4.78 is 10.8. The van der Waals surface area contributed by atoms with Crippen molar-refractivity contribution in [1.29, 1.82) is 0 Å². The van der Waals surface area contributed by atoms with Crippen molar-refractivity contribution >= 4 is 24.2 Å². The van der Waals surface area contributed by atoms with Crippen LogP contribution in [0.15, 0.2) is 24.3 Å². The lowest BCUT2D eigenvalue weighted by Gasteiger charge is -2.26. The molecule has 0 spiro atoms. The van der Waals surface area contributed by atoms with Crippen molar-refractivity contribution in [3.05, 3.63) is 24.3 Å². The molecule has 6 heteroatoms. The van der Waals surface area contributed by atoms with Gasteiger partial charge >= 0.3 is 6.09 Å². The number of carbonyl (C=O) groups is 1. The quantitative estimate of drug-likeness (QED) is 0.705. The van der Waals surface area contributed by atoms with Crippen molar-refractivity contribution in [2.45, 2.75) is 39.0 Å². The third-order valence-electron chi connectivity index (χ3n) is 3.96. The average molecular weight is 357 g/mol. The molecule has 0 aromatic heterocycles. The second-order valence-electron chi connectivity index (χ2n) is 5.89. The largest absolute Gasteiger partial charge is 0.492 e. The molecule has 1 aliphatic rings. The van der Waals surface area contributed by atoms with Crippen molar-refractivity contribution in [1.82, 2.24) is 4.90 Å². The van der Waals surface area contributed by atoms with Crippen LogP contribution in [0.3, 0.4) is 0 Å². The van der Waals surface area contributed by atoms with Gasteiger partial charge in [0, 0.05) is 12.2 Å². The van der Waals surface area contributed by atoms with Gasteiger partial charge in [-0.2, -0.15) is 0 Å². The Morgan fingerprint density at radius 3 is 2.50 bits per heavy atom. The fourth-order valence-electron chi connectivity index (χ4n) is 2.57. The van der Waals surface area contributed by atoms with Crippen LogP contribution in [-0.4, -0.2) is 43.8 Å². The van der Waals surface area contributed by atoms with Gasteiger partial charge in [-0.3, -0.25) is 10.2 Å². The lowest BCUT2D eigenvalue weighted by atomic mass is 10.1. The van der Waals surface area contributed by atoms with Gasteiger partial charge in [-0.1, -0.05) is 19.8 Å². The zero-order chi connectivity index (χ0) is 16.3. The van der Waals surface area contributed by atoms with Gasteiger partial charge in [0.15, 0.2) is 0 Å². The Morgan fingerprint density at radius 2 is 1.83 bits per heavy atom. The minimum Gasteiger partial charge on any atom is -0.492 e. The second kappa shape index (κ2) is 12.0. The molecule has 1 aliphatic heterocycles. The van der Waals surface area contributed by atoms with E-state index in [1.165, 1.54) is 32.4 Å². The summed E-state index contributed by atoms with van der Waals surface area (Å²) in [4.78, 5) is 14.0. The Kier molecular flexibility index (Phi) is 10.3. The van der Waals surface area contributed by atoms with E-state index in [0.29, 0.717) is 13.2 Å². The van der Waals surface area contributed by atoms with Crippen molar-refractivity contribution < 1.29 is 14.3 Å². The van der Waals surface area contributed by atoms with E-state index >= 15 is 0 Å². The lowest BCUT2D eigenvalue weighted by molar-refractivity contribution is 0.160. The van der Waals surface area contributed by atoms with Crippen molar-refractivity contribution in [3.63, 3.8) is 0 Å². The van der Waals surface area contributed by atoms with Crippen LogP contribution in [0, 0.1) is 0 Å². The molecule has 136 valence electrons. The number of likely N-dealkylation sites (tertiary alicyclic amines) is 1. The highest BCUT2D eigenvalue weighted by Gasteiger charge is 2.09. The second-order valence-corrected chi connectivity index (χ2v) is 5.89. The van der Waals surface area contributed by atoms with Crippen LogP contribution in [0.2, 0.25) is 0 Å². The van der Waals surface area contributed by atoms with Gasteiger partial charge in [-0.15, -0.1) is 12.4 Å². The van der Waals surface area contributed by atoms with Crippen LogP contribution < -0.4 is 10.1 Å². The summed E-state index contributed by atoms with van der Waals surface area (Å²) in [7, 11) is 0. The number of unbranched alkanes of at least 4 members (excludes halogenated alkanes) is 1. The van der Waals surface area contributed by atoms with Crippen molar-refractivity contribution in [3.8, 4) is 5.75 Å². The molecule has 24 heavy (non-hydrogen) atoms. The number of carbonyl (C=O) groups excluding carboxylic acids is 1. The molecule has 1 heterocycles. The van der Waals surface area contributed by atoms with Crippen LogP contribution in [-0.2, 0) is 4.74 Å². The van der Waals surface area contributed by atoms with E-state index in [1.54, 1.807) is 0 Å². The summed E-state index contributed by atoms with van der Waals surface area (Å²) in [6.45, 7) is 6.57. The van der Waals surface area contributed by atoms with Crippen LogP contribution in [0.5, 0.6) is 5.75 Å². The van der Waals surface area contributed by atoms with Gasteiger partial charge in [0.1, 0.15) is 12.4 Å². The lowest BCUT2D eigenvalue weighted by Crippen LogP contribution is -2.33. The van der Waals surface area contributed by atoms with E-state index in [0.717, 1.165) is 30.8 Å². The summed E-state index contributed by atoms with van der Waals surface area (Å²) in [6, 6.07) is 7.41. The van der Waals surface area contributed by atoms with E-state index in [9.17, 15) is 4.79 Å². The standard InChI is InChI=1S/C18H28N2O3.ClH/c1-2-3-14-23-18(21)19-16-7-9-17(10-8-16)22-15-13-20-11-5-4-6-12-20;/h7-10H,2-6,11-15H2,1H3,(H,19,21);1H. The van der Waals surface area contributed by atoms with Crippen molar-refractivity contribution in [2.24, 2.45) is 0 Å². The molecule has 2 rings (SSSR count). The highest BCUT2D eigenvalue weighted by atomic mass is 35.5. The predicted molar refractivity (Wildman–Crippen MR) is 99.4 cm³/mol. The third-order valence-corrected chi connectivity index (χ3v) is 3.96. The molecule has 1 fully saturated rings. The smallest absolute Gasteiger partial charge is 0.411 e. The Bertz CT molecular complexity index is 462. The minimum atomic E-state index is -0.405. The number of ether oxygens (including phenoxy) is 2. The molecule has 0 unspecified atom stereocenters. The molecule has 0 bridgehead atoms. The zero-order valence-electron chi connectivity index (χ0n) is 14.5. The van der Waals surface area contributed by atoms with Crippen LogP contribution >= 0.6 is 12.4 Å². The third kappa shape index (κ3) is 7.88. The van der Waals surface area contributed by atoms with Crippen LogP contribution in [0.4, 0.5) is 10.5 Å². The Hall–Kier alpha value is -1.46. The maximum Gasteiger partial charge on any atom is 0.411 e. The van der Waals surface area contributed by atoms with E-state index in [1.807, 2.05) is 24.3 Å². The number of rotatable bonds is 8. The van der Waals surface area contributed by atoms with E-state index in [-0.39, 0.29) is 12.4 Å². The molecule has 1 aromatic carbocycles. The summed E-state index contributed by atoms with van der Waals surface area (Å²) in [6.07, 6.45) is 5.45. The molecule has 1 saturated heterocycles. The molecule has 5 nitrogen and oxygen atoms in total. The average Bonchev–Trinajstić information content (AvgIpc) is 2.58. The molecule has 1 N–H and O–H groups in total.